The van der Waals surface area contributed by atoms with Crippen molar-refractivity contribution in [2.24, 2.45) is 0 Å². The molecule has 2 aromatic rings. The van der Waals surface area contributed by atoms with Crippen LogP contribution in [0.5, 0.6) is 11.5 Å². The van der Waals surface area contributed by atoms with Gasteiger partial charge in [-0.15, -0.1) is 0 Å². The van der Waals surface area contributed by atoms with E-state index in [1.807, 2.05) is 6.07 Å². The van der Waals surface area contributed by atoms with E-state index >= 15 is 0 Å². The maximum Gasteiger partial charge on any atom is 0.341 e. The smallest absolute Gasteiger partial charge is 0.341 e. The molecular weight excluding hydrogens is 393 g/mol. The fraction of sp³-hybridized carbons (Fsp3) is 0.111. The minimum atomic E-state index is -1.11. The number of rotatable bonds is 6. The third-order valence-electron chi connectivity index (χ3n) is 3.19. The van der Waals surface area contributed by atoms with E-state index in [9.17, 15) is 14.4 Å². The van der Waals surface area contributed by atoms with Crippen LogP contribution in [0.1, 0.15) is 11.1 Å². The predicted octanol–water partition coefficient (Wildman–Crippen LogP) is 4.12. The molecule has 0 amide bonds. The van der Waals surface area contributed by atoms with Crippen molar-refractivity contribution in [2.45, 2.75) is 0 Å². The van der Waals surface area contributed by atoms with Crippen LogP contribution in [0, 0.1) is 17.1 Å². The van der Waals surface area contributed by atoms with Crippen molar-refractivity contribution in [3.63, 3.8) is 0 Å². The Bertz CT molecular complexity index is 874. The quantitative estimate of drug-likeness (QED) is 0.577. The highest BCUT2D eigenvalue weighted by Crippen LogP contribution is 2.35. The molecule has 2 rings (SSSR count). The van der Waals surface area contributed by atoms with Crippen LogP contribution >= 0.6 is 15.9 Å². The maximum absolute atomic E-state index is 13.4. The van der Waals surface area contributed by atoms with Gasteiger partial charge in [-0.2, -0.15) is 5.26 Å². The molecule has 7 heteroatoms. The second-order valence-electron chi connectivity index (χ2n) is 4.89. The van der Waals surface area contributed by atoms with E-state index in [0.29, 0.717) is 21.3 Å². The minimum absolute atomic E-state index is 0.248. The fourth-order valence-electron chi connectivity index (χ4n) is 2.06. The monoisotopic (exact) mass is 405 g/mol. The number of carboxylic acid groups (broad SMARTS) is 1. The van der Waals surface area contributed by atoms with Crippen molar-refractivity contribution in [1.29, 1.82) is 5.26 Å². The third-order valence-corrected chi connectivity index (χ3v) is 3.88. The van der Waals surface area contributed by atoms with Gasteiger partial charge in [-0.3, -0.25) is 0 Å². The van der Waals surface area contributed by atoms with Crippen molar-refractivity contribution in [1.82, 2.24) is 0 Å². The topological polar surface area (TPSA) is 79.5 Å². The van der Waals surface area contributed by atoms with Gasteiger partial charge in [0, 0.05) is 4.47 Å². The Balaban J connectivity index is 2.44. The molecule has 2 aromatic carbocycles. The molecule has 0 radical (unpaired) electrons. The van der Waals surface area contributed by atoms with Gasteiger partial charge in [-0.25, -0.2) is 9.18 Å². The lowest BCUT2D eigenvalue weighted by Crippen LogP contribution is -2.10. The normalized spacial score (nSPS) is 10.9. The lowest BCUT2D eigenvalue weighted by molar-refractivity contribution is -0.139. The second kappa shape index (κ2) is 8.31. The van der Waals surface area contributed by atoms with Gasteiger partial charge in [0.1, 0.15) is 5.82 Å². The summed E-state index contributed by atoms with van der Waals surface area (Å²) in [6.45, 7) is -0.509. The van der Waals surface area contributed by atoms with Gasteiger partial charge in [0.2, 0.25) is 0 Å². The van der Waals surface area contributed by atoms with Gasteiger partial charge in [0.25, 0.3) is 0 Å². The molecule has 128 valence electrons. The van der Waals surface area contributed by atoms with Gasteiger partial charge in [-0.05, 0) is 41.5 Å². The van der Waals surface area contributed by atoms with Crippen LogP contribution in [0.3, 0.4) is 0 Å². The number of benzene rings is 2. The van der Waals surface area contributed by atoms with Crippen molar-refractivity contribution in [3.8, 4) is 17.6 Å². The molecule has 0 bridgehead atoms. The fourth-order valence-corrected chi connectivity index (χ4v) is 2.50. The number of carbonyl (C=O) groups is 1. The zero-order valence-corrected chi connectivity index (χ0v) is 14.7. The highest BCUT2D eigenvalue weighted by atomic mass is 79.9. The molecule has 0 aliphatic heterocycles. The maximum atomic E-state index is 13.4. The van der Waals surface area contributed by atoms with E-state index in [1.165, 1.54) is 25.3 Å². The zero-order valence-electron chi connectivity index (χ0n) is 13.1. The number of ether oxygens (including phenoxy) is 2. The largest absolute Gasteiger partial charge is 0.493 e. The Morgan fingerprint density at radius 2 is 2.12 bits per heavy atom. The number of methoxy groups -OCH3 is 1. The molecule has 0 unspecified atom stereocenters. The van der Waals surface area contributed by atoms with Gasteiger partial charge >= 0.3 is 5.97 Å². The number of allylic oxidation sites excluding steroid dienone is 1. The highest BCUT2D eigenvalue weighted by Gasteiger charge is 2.12. The van der Waals surface area contributed by atoms with E-state index in [0.717, 1.165) is 0 Å². The van der Waals surface area contributed by atoms with Gasteiger partial charge < -0.3 is 14.6 Å². The molecule has 0 atom stereocenters. The Hall–Kier alpha value is -2.85. The molecule has 0 saturated carbocycles. The zero-order chi connectivity index (χ0) is 18.4. The van der Waals surface area contributed by atoms with Crippen LogP contribution in [0.4, 0.5) is 4.39 Å². The number of carboxylic acids is 1. The number of halogens is 2. The van der Waals surface area contributed by atoms with Crippen molar-refractivity contribution < 1.29 is 23.8 Å². The summed E-state index contributed by atoms with van der Waals surface area (Å²) in [4.78, 5) is 10.6. The number of hydrogen-bond acceptors (Lipinski definition) is 4. The summed E-state index contributed by atoms with van der Waals surface area (Å²) >= 11 is 3.35. The lowest BCUT2D eigenvalue weighted by atomic mass is 10.0. The molecule has 0 fully saturated rings. The van der Waals surface area contributed by atoms with E-state index in [1.54, 1.807) is 24.3 Å². The summed E-state index contributed by atoms with van der Waals surface area (Å²) in [5.41, 5.74) is 1.31. The van der Waals surface area contributed by atoms with Gasteiger partial charge in [0.15, 0.2) is 18.1 Å². The third kappa shape index (κ3) is 4.81. The predicted molar refractivity (Wildman–Crippen MR) is 93.7 cm³/mol. The summed E-state index contributed by atoms with van der Waals surface area (Å²) in [6, 6.07) is 10.9. The number of nitriles is 1. The second-order valence-corrected chi connectivity index (χ2v) is 5.74. The van der Waals surface area contributed by atoms with Crippen LogP contribution in [0.25, 0.3) is 11.6 Å². The highest BCUT2D eigenvalue weighted by molar-refractivity contribution is 9.10. The molecule has 5 nitrogen and oxygen atoms in total. The van der Waals surface area contributed by atoms with Crippen LogP contribution in [-0.4, -0.2) is 24.8 Å². The van der Waals surface area contributed by atoms with Crippen LogP contribution in [0.2, 0.25) is 0 Å². The summed E-state index contributed by atoms with van der Waals surface area (Å²) in [6.07, 6.45) is 1.57. The Morgan fingerprint density at radius 1 is 1.36 bits per heavy atom. The van der Waals surface area contributed by atoms with Gasteiger partial charge in [-0.1, -0.05) is 28.1 Å². The van der Waals surface area contributed by atoms with Crippen LogP contribution in [0.15, 0.2) is 40.9 Å². The molecule has 1 N–H and O–H groups in total. The average Bonchev–Trinajstić information content (AvgIpc) is 2.58. The molecule has 0 aliphatic carbocycles. The molecule has 25 heavy (non-hydrogen) atoms. The van der Waals surface area contributed by atoms with E-state index in [2.05, 4.69) is 15.9 Å². The Labute approximate surface area is 152 Å². The van der Waals surface area contributed by atoms with Crippen LogP contribution in [-0.2, 0) is 4.79 Å². The first kappa shape index (κ1) is 18.5. The molecule has 0 saturated heterocycles. The molecule has 0 heterocycles. The number of nitrogens with zero attached hydrogens (tertiary/aromatic N) is 1. The summed E-state index contributed by atoms with van der Waals surface area (Å²) < 4.78 is 24.3. The molecule has 0 spiro atoms. The Morgan fingerprint density at radius 3 is 2.72 bits per heavy atom. The van der Waals surface area contributed by atoms with E-state index < -0.39 is 18.4 Å². The summed E-state index contributed by atoms with van der Waals surface area (Å²) in [7, 11) is 1.42. The molecular formula is C18H13BrFNO4. The summed E-state index contributed by atoms with van der Waals surface area (Å²) in [5.74, 6) is -0.988. The van der Waals surface area contributed by atoms with Crippen molar-refractivity contribution >= 4 is 33.5 Å². The molecule has 0 aromatic heterocycles. The molecule has 0 aliphatic rings. The Kier molecular flexibility index (Phi) is 6.14. The number of hydrogen-bond donors (Lipinski definition) is 1. The first-order valence-corrected chi connectivity index (χ1v) is 7.83. The van der Waals surface area contributed by atoms with E-state index in [4.69, 9.17) is 14.6 Å². The first-order valence-electron chi connectivity index (χ1n) is 7.04. The van der Waals surface area contributed by atoms with E-state index in [-0.39, 0.29) is 11.3 Å². The van der Waals surface area contributed by atoms with Crippen molar-refractivity contribution in [2.75, 3.05) is 13.7 Å². The summed E-state index contributed by atoms with van der Waals surface area (Å²) in [5, 5.41) is 18.1. The average molecular weight is 406 g/mol. The van der Waals surface area contributed by atoms with Crippen LogP contribution < -0.4 is 9.47 Å². The first-order chi connectivity index (χ1) is 11.9. The number of aliphatic carboxylic acids is 1. The SMILES string of the molecule is COc1cc(/C=C(/C#N)c2cccc(F)c2)c(Br)cc1OCC(=O)O. The minimum Gasteiger partial charge on any atom is -0.493 e. The lowest BCUT2D eigenvalue weighted by Gasteiger charge is -2.12. The van der Waals surface area contributed by atoms with Crippen molar-refractivity contribution in [3.05, 3.63) is 57.8 Å². The van der Waals surface area contributed by atoms with Gasteiger partial charge in [0.05, 0.1) is 18.8 Å². The standard InChI is InChI=1S/C18H13BrFNO4/c1-24-16-7-12(15(19)8-17(16)25-10-18(22)23)5-13(9-21)11-3-2-4-14(20)6-11/h2-8H,10H2,1H3,(H,22,23)/b13-5-.